The molecule has 0 amide bonds. The second kappa shape index (κ2) is 4.77. The van der Waals surface area contributed by atoms with Gasteiger partial charge in [0.15, 0.2) is 0 Å². The predicted octanol–water partition coefficient (Wildman–Crippen LogP) is 3.13. The lowest BCUT2D eigenvalue weighted by Gasteiger charge is -2.25. The molecule has 1 saturated heterocycles. The molecule has 3 rings (SSSR count). The Hall–Kier alpha value is -1.90. The van der Waals surface area contributed by atoms with Crippen LogP contribution >= 0.6 is 0 Å². The van der Waals surface area contributed by atoms with E-state index < -0.39 is 0 Å². The number of nitrogens with zero attached hydrogens (tertiary/aromatic N) is 3. The maximum Gasteiger partial charge on any atom is 0.226 e. The Morgan fingerprint density at radius 3 is 2.78 bits per heavy atom. The van der Waals surface area contributed by atoms with Gasteiger partial charge in [-0.1, -0.05) is 30.3 Å². The molecule has 1 aliphatic rings. The molecule has 1 aromatic heterocycles. The summed E-state index contributed by atoms with van der Waals surface area (Å²) in [5.74, 6) is 0.862. The minimum atomic E-state index is 0.424. The zero-order valence-corrected chi connectivity index (χ0v) is 10.6. The molecule has 1 atom stereocenters. The van der Waals surface area contributed by atoms with E-state index in [1.54, 1.807) is 0 Å². The highest BCUT2D eigenvalue weighted by atomic mass is 15.3. The van der Waals surface area contributed by atoms with E-state index in [2.05, 4.69) is 45.2 Å². The van der Waals surface area contributed by atoms with Crippen LogP contribution in [-0.2, 0) is 0 Å². The third-order valence-electron chi connectivity index (χ3n) is 3.48. The van der Waals surface area contributed by atoms with Gasteiger partial charge in [-0.05, 0) is 31.4 Å². The van der Waals surface area contributed by atoms with E-state index in [1.165, 1.54) is 18.4 Å². The van der Waals surface area contributed by atoms with E-state index in [0.29, 0.717) is 6.04 Å². The van der Waals surface area contributed by atoms with Crippen LogP contribution in [0.4, 0.5) is 5.95 Å². The van der Waals surface area contributed by atoms with E-state index in [4.69, 9.17) is 0 Å². The average Bonchev–Trinajstić information content (AvgIpc) is 2.89. The number of aromatic nitrogens is 2. The average molecular weight is 239 g/mol. The highest BCUT2D eigenvalue weighted by molar-refractivity contribution is 5.38. The van der Waals surface area contributed by atoms with E-state index >= 15 is 0 Å². The molecule has 0 bridgehead atoms. The highest BCUT2D eigenvalue weighted by Gasteiger charge is 2.27. The van der Waals surface area contributed by atoms with Crippen LogP contribution in [0.25, 0.3) is 0 Å². The summed E-state index contributed by atoms with van der Waals surface area (Å²) in [7, 11) is 0. The van der Waals surface area contributed by atoms with Crippen molar-refractivity contribution in [2.24, 2.45) is 0 Å². The Morgan fingerprint density at radius 2 is 2.00 bits per heavy atom. The van der Waals surface area contributed by atoms with Gasteiger partial charge in [-0.25, -0.2) is 9.97 Å². The smallest absolute Gasteiger partial charge is 0.226 e. The Morgan fingerprint density at radius 1 is 1.17 bits per heavy atom. The number of rotatable bonds is 2. The maximum atomic E-state index is 4.55. The molecule has 1 fully saturated rings. The number of hydrogen-bond acceptors (Lipinski definition) is 3. The van der Waals surface area contributed by atoms with Gasteiger partial charge in [-0.15, -0.1) is 0 Å². The van der Waals surface area contributed by atoms with Crippen molar-refractivity contribution in [3.05, 3.63) is 53.9 Å². The van der Waals surface area contributed by atoms with Crippen LogP contribution in [0.5, 0.6) is 0 Å². The van der Waals surface area contributed by atoms with Crippen molar-refractivity contribution < 1.29 is 0 Å². The normalized spacial score (nSPS) is 19.2. The van der Waals surface area contributed by atoms with Gasteiger partial charge < -0.3 is 4.90 Å². The Kier molecular flexibility index (Phi) is 2.97. The van der Waals surface area contributed by atoms with Gasteiger partial charge in [0.1, 0.15) is 0 Å². The van der Waals surface area contributed by atoms with Crippen LogP contribution in [-0.4, -0.2) is 16.5 Å². The molecule has 1 unspecified atom stereocenters. The van der Waals surface area contributed by atoms with Crippen molar-refractivity contribution in [1.82, 2.24) is 9.97 Å². The summed E-state index contributed by atoms with van der Waals surface area (Å²) in [6, 6.07) is 13.0. The second-order valence-corrected chi connectivity index (χ2v) is 4.76. The SMILES string of the molecule is Cc1ccnc(N2CCCC2c2ccccc2)n1. The molecule has 3 heteroatoms. The van der Waals surface area contributed by atoms with Crippen molar-refractivity contribution in [2.75, 3.05) is 11.4 Å². The molecule has 0 radical (unpaired) electrons. The van der Waals surface area contributed by atoms with Crippen molar-refractivity contribution in [2.45, 2.75) is 25.8 Å². The van der Waals surface area contributed by atoms with Crippen LogP contribution < -0.4 is 4.90 Å². The first kappa shape index (κ1) is 11.2. The number of aryl methyl sites for hydroxylation is 1. The summed E-state index contributed by atoms with van der Waals surface area (Å²) in [4.78, 5) is 11.3. The summed E-state index contributed by atoms with van der Waals surface area (Å²) in [5.41, 5.74) is 2.39. The van der Waals surface area contributed by atoms with Crippen molar-refractivity contribution in [1.29, 1.82) is 0 Å². The fourth-order valence-corrected chi connectivity index (χ4v) is 2.60. The van der Waals surface area contributed by atoms with E-state index in [-0.39, 0.29) is 0 Å². The second-order valence-electron chi connectivity index (χ2n) is 4.76. The van der Waals surface area contributed by atoms with Crippen molar-refractivity contribution >= 4 is 5.95 Å². The lowest BCUT2D eigenvalue weighted by molar-refractivity contribution is 0.700. The standard InChI is InChI=1S/C15H17N3/c1-12-9-10-16-15(17-12)18-11-5-8-14(18)13-6-3-2-4-7-13/h2-4,6-7,9-10,14H,5,8,11H2,1H3. The molecule has 1 aromatic carbocycles. The monoisotopic (exact) mass is 239 g/mol. The summed E-state index contributed by atoms with van der Waals surface area (Å²) >= 11 is 0. The molecule has 0 saturated carbocycles. The van der Waals surface area contributed by atoms with Gasteiger partial charge in [0, 0.05) is 18.4 Å². The first-order chi connectivity index (χ1) is 8.84. The van der Waals surface area contributed by atoms with Gasteiger partial charge in [-0.3, -0.25) is 0 Å². The van der Waals surface area contributed by atoms with Gasteiger partial charge in [-0.2, -0.15) is 0 Å². The lowest BCUT2D eigenvalue weighted by atomic mass is 10.1. The molecule has 3 nitrogen and oxygen atoms in total. The molecule has 0 N–H and O–H groups in total. The molecule has 18 heavy (non-hydrogen) atoms. The Balaban J connectivity index is 1.92. The molecule has 92 valence electrons. The molecule has 0 aliphatic carbocycles. The minimum absolute atomic E-state index is 0.424. The zero-order chi connectivity index (χ0) is 12.4. The van der Waals surface area contributed by atoms with Gasteiger partial charge in [0.25, 0.3) is 0 Å². The predicted molar refractivity (Wildman–Crippen MR) is 72.5 cm³/mol. The topological polar surface area (TPSA) is 29.0 Å². The molecule has 0 spiro atoms. The fourth-order valence-electron chi connectivity index (χ4n) is 2.60. The quantitative estimate of drug-likeness (QED) is 0.806. The summed E-state index contributed by atoms with van der Waals surface area (Å²) in [6.07, 6.45) is 4.23. The highest BCUT2D eigenvalue weighted by Crippen LogP contribution is 2.34. The van der Waals surface area contributed by atoms with Crippen LogP contribution in [0.1, 0.15) is 30.1 Å². The fraction of sp³-hybridized carbons (Fsp3) is 0.333. The lowest BCUT2D eigenvalue weighted by Crippen LogP contribution is -2.24. The summed E-state index contributed by atoms with van der Waals surface area (Å²) in [5, 5.41) is 0. The third kappa shape index (κ3) is 2.08. The number of anilines is 1. The number of benzene rings is 1. The number of hydrogen-bond donors (Lipinski definition) is 0. The van der Waals surface area contributed by atoms with Crippen LogP contribution in [0.15, 0.2) is 42.6 Å². The summed E-state index contributed by atoms with van der Waals surface area (Å²) in [6.45, 7) is 3.06. The first-order valence-corrected chi connectivity index (χ1v) is 6.46. The van der Waals surface area contributed by atoms with E-state index in [0.717, 1.165) is 18.2 Å². The molecule has 2 aromatic rings. The molecular weight excluding hydrogens is 222 g/mol. The van der Waals surface area contributed by atoms with Crippen molar-refractivity contribution in [3.8, 4) is 0 Å². The maximum absolute atomic E-state index is 4.55. The summed E-state index contributed by atoms with van der Waals surface area (Å²) < 4.78 is 0. The van der Waals surface area contributed by atoms with Crippen LogP contribution in [0.2, 0.25) is 0 Å². The van der Waals surface area contributed by atoms with Gasteiger partial charge >= 0.3 is 0 Å². The van der Waals surface area contributed by atoms with Crippen LogP contribution in [0.3, 0.4) is 0 Å². The minimum Gasteiger partial charge on any atom is -0.334 e. The molecular formula is C15H17N3. The van der Waals surface area contributed by atoms with Crippen LogP contribution in [0, 0.1) is 6.92 Å². The molecule has 1 aliphatic heterocycles. The van der Waals surface area contributed by atoms with E-state index in [9.17, 15) is 0 Å². The van der Waals surface area contributed by atoms with Gasteiger partial charge in [0.05, 0.1) is 6.04 Å². The third-order valence-corrected chi connectivity index (χ3v) is 3.48. The zero-order valence-electron chi connectivity index (χ0n) is 10.6. The Labute approximate surface area is 108 Å². The van der Waals surface area contributed by atoms with E-state index in [1.807, 2.05) is 19.2 Å². The van der Waals surface area contributed by atoms with Gasteiger partial charge in [0.2, 0.25) is 5.95 Å². The molecule has 2 heterocycles. The Bertz CT molecular complexity index is 524. The largest absolute Gasteiger partial charge is 0.334 e. The van der Waals surface area contributed by atoms with Crippen molar-refractivity contribution in [3.63, 3.8) is 0 Å². The first-order valence-electron chi connectivity index (χ1n) is 6.46.